The Kier molecular flexibility index (Phi) is 12.1. The molecule has 252 valence electrons. The normalized spacial score (nSPS) is 14.7. The van der Waals surface area contributed by atoms with Gasteiger partial charge in [0.1, 0.15) is 0 Å². The molecule has 1 fully saturated rings. The maximum absolute atomic E-state index is 13.8. The number of carbonyl (C=O) groups excluding carboxylic acids is 1. The van der Waals surface area contributed by atoms with Crippen molar-refractivity contribution < 1.29 is 45.8 Å². The minimum Gasteiger partial charge on any atom is -0.488 e. The molecule has 0 unspecified atom stereocenters. The Labute approximate surface area is 269 Å². The van der Waals surface area contributed by atoms with Crippen molar-refractivity contribution in [2.75, 3.05) is 26.2 Å². The van der Waals surface area contributed by atoms with Crippen molar-refractivity contribution in [2.24, 2.45) is 0 Å². The van der Waals surface area contributed by atoms with Crippen LogP contribution in [0.2, 0.25) is 0 Å². The number of hydrogen-bond acceptors (Lipinski definition) is 4. The summed E-state index contributed by atoms with van der Waals surface area (Å²) in [7, 11) is 0. The van der Waals surface area contributed by atoms with E-state index in [1.807, 2.05) is 24.3 Å². The third-order valence-electron chi connectivity index (χ3n) is 7.89. The molecule has 2 aliphatic rings. The summed E-state index contributed by atoms with van der Waals surface area (Å²) >= 11 is 0. The number of hydrogen-bond donors (Lipinski definition) is 2. The minimum absolute atomic E-state index is 0.0636. The Morgan fingerprint density at radius 1 is 0.915 bits per heavy atom. The van der Waals surface area contributed by atoms with Gasteiger partial charge in [-0.3, -0.25) is 4.79 Å². The van der Waals surface area contributed by atoms with Crippen molar-refractivity contribution >= 4 is 17.4 Å². The quantitative estimate of drug-likeness (QED) is 0.131. The SMILES string of the molecule is Cc1ccc(CCN(C(=O)C2=C(c3ccc(CCCOc4c(F)ccc(F)c4F)cc3)CCNC2)C2CC2)cc1.O=C(O)C(F)(F)F. The fourth-order valence-electron chi connectivity index (χ4n) is 5.19. The topological polar surface area (TPSA) is 78.9 Å². The van der Waals surface area contributed by atoms with E-state index in [0.717, 1.165) is 66.6 Å². The van der Waals surface area contributed by atoms with Crippen LogP contribution < -0.4 is 10.1 Å². The summed E-state index contributed by atoms with van der Waals surface area (Å²) in [6, 6.07) is 18.6. The first kappa shape index (κ1) is 35.5. The number of amides is 1. The molecule has 3 aromatic rings. The highest BCUT2D eigenvalue weighted by Gasteiger charge is 2.38. The lowest BCUT2D eigenvalue weighted by atomic mass is 9.92. The highest BCUT2D eigenvalue weighted by molar-refractivity contribution is 6.02. The Balaban J connectivity index is 0.000000644. The molecule has 1 aliphatic carbocycles. The molecule has 5 rings (SSSR count). The first-order valence-electron chi connectivity index (χ1n) is 15.3. The summed E-state index contributed by atoms with van der Waals surface area (Å²) in [5.74, 6) is -6.66. The molecule has 12 heteroatoms. The van der Waals surface area contributed by atoms with Gasteiger partial charge in [0.15, 0.2) is 17.4 Å². The smallest absolute Gasteiger partial charge is 0.488 e. The lowest BCUT2D eigenvalue weighted by Crippen LogP contribution is -2.40. The minimum atomic E-state index is -5.08. The zero-order valence-electron chi connectivity index (χ0n) is 25.8. The van der Waals surface area contributed by atoms with Gasteiger partial charge in [-0.05, 0) is 86.4 Å². The van der Waals surface area contributed by atoms with E-state index in [0.29, 0.717) is 32.0 Å². The van der Waals surface area contributed by atoms with Gasteiger partial charge in [0, 0.05) is 24.7 Å². The van der Waals surface area contributed by atoms with E-state index in [2.05, 4.69) is 41.4 Å². The monoisotopic (exact) mass is 662 g/mol. The predicted octanol–water partition coefficient (Wildman–Crippen LogP) is 7.04. The number of aryl methyl sites for hydroxylation is 2. The van der Waals surface area contributed by atoms with Crippen LogP contribution in [0.3, 0.4) is 0 Å². The lowest BCUT2D eigenvalue weighted by Gasteiger charge is -2.28. The fraction of sp³-hybridized carbons (Fsp3) is 0.371. The van der Waals surface area contributed by atoms with E-state index >= 15 is 0 Å². The molecule has 1 heterocycles. The summed E-state index contributed by atoms with van der Waals surface area (Å²) in [5, 5.41) is 10.5. The van der Waals surface area contributed by atoms with Crippen LogP contribution in [0.15, 0.2) is 66.2 Å². The molecule has 1 aliphatic heterocycles. The van der Waals surface area contributed by atoms with Gasteiger partial charge in [0.05, 0.1) is 6.61 Å². The third kappa shape index (κ3) is 10.1. The van der Waals surface area contributed by atoms with Gasteiger partial charge >= 0.3 is 12.1 Å². The molecule has 0 spiro atoms. The number of rotatable bonds is 11. The number of carboxylic acids is 1. The number of nitrogens with zero attached hydrogens (tertiary/aromatic N) is 1. The molecule has 47 heavy (non-hydrogen) atoms. The average molecular weight is 663 g/mol. The summed E-state index contributed by atoms with van der Waals surface area (Å²) < 4.78 is 77.8. The molecule has 2 N–H and O–H groups in total. The van der Waals surface area contributed by atoms with Crippen LogP contribution in [0, 0.1) is 24.4 Å². The summed E-state index contributed by atoms with van der Waals surface area (Å²) in [6.45, 7) is 4.25. The maximum Gasteiger partial charge on any atom is 0.490 e. The zero-order valence-corrected chi connectivity index (χ0v) is 25.8. The van der Waals surface area contributed by atoms with E-state index in [-0.39, 0.29) is 12.5 Å². The van der Waals surface area contributed by atoms with Crippen molar-refractivity contribution in [3.05, 3.63) is 106 Å². The predicted molar refractivity (Wildman–Crippen MR) is 164 cm³/mol. The van der Waals surface area contributed by atoms with E-state index in [1.54, 1.807) is 0 Å². The second kappa shape index (κ2) is 16.0. The molecule has 0 aromatic heterocycles. The average Bonchev–Trinajstić information content (AvgIpc) is 3.89. The Morgan fingerprint density at radius 2 is 1.51 bits per heavy atom. The van der Waals surface area contributed by atoms with Crippen molar-refractivity contribution in [2.45, 2.75) is 57.7 Å². The van der Waals surface area contributed by atoms with Crippen molar-refractivity contribution in [1.29, 1.82) is 0 Å². The molecule has 0 radical (unpaired) electrons. The lowest BCUT2D eigenvalue weighted by molar-refractivity contribution is -0.192. The fourth-order valence-corrected chi connectivity index (χ4v) is 5.19. The van der Waals surface area contributed by atoms with E-state index in [9.17, 15) is 31.1 Å². The van der Waals surface area contributed by atoms with Crippen LogP contribution >= 0.6 is 0 Å². The number of nitrogens with one attached hydrogen (secondary N) is 1. The first-order chi connectivity index (χ1) is 22.3. The summed E-state index contributed by atoms with van der Waals surface area (Å²) in [4.78, 5) is 24.8. The highest BCUT2D eigenvalue weighted by atomic mass is 19.4. The standard InChI is InChI=1S/C33H35F3N2O2.C2HF3O2/c1-22-4-6-24(7-5-22)17-19-38(26-12-13-26)33(39)28-21-37-18-16-27(28)25-10-8-23(9-11-25)3-2-20-40-32-30(35)15-14-29(34)31(32)36;3-2(4,5)1(6)7/h4-11,14-15,26,37H,2-3,12-13,16-21H2,1H3;(H,6,7). The number of halogens is 6. The second-order valence-electron chi connectivity index (χ2n) is 11.5. The number of aliphatic carboxylic acids is 1. The van der Waals surface area contributed by atoms with Crippen molar-refractivity contribution in [1.82, 2.24) is 10.2 Å². The number of alkyl halides is 3. The number of benzene rings is 3. The van der Waals surface area contributed by atoms with Crippen LogP contribution in [-0.2, 0) is 22.4 Å². The molecule has 0 saturated heterocycles. The van der Waals surface area contributed by atoms with Crippen molar-refractivity contribution in [3.8, 4) is 5.75 Å². The van der Waals surface area contributed by atoms with Gasteiger partial charge in [-0.1, -0.05) is 54.1 Å². The third-order valence-corrected chi connectivity index (χ3v) is 7.89. The molecule has 0 bridgehead atoms. The molecule has 1 amide bonds. The Morgan fingerprint density at radius 3 is 2.13 bits per heavy atom. The van der Waals surface area contributed by atoms with Crippen LogP contribution in [-0.4, -0.2) is 60.3 Å². The Bertz CT molecular complexity index is 1570. The van der Waals surface area contributed by atoms with E-state index in [1.165, 1.54) is 11.1 Å². The van der Waals surface area contributed by atoms with E-state index in [4.69, 9.17) is 14.6 Å². The molecule has 3 aromatic carbocycles. The number of carboxylic acid groups (broad SMARTS) is 1. The Hall–Kier alpha value is -4.32. The number of carbonyl (C=O) groups is 2. The van der Waals surface area contributed by atoms with Gasteiger partial charge in [0.25, 0.3) is 5.91 Å². The summed E-state index contributed by atoms with van der Waals surface area (Å²) in [5.41, 5.74) is 6.51. The van der Waals surface area contributed by atoms with Gasteiger partial charge in [-0.15, -0.1) is 0 Å². The molecular weight excluding hydrogens is 626 g/mol. The van der Waals surface area contributed by atoms with Gasteiger partial charge in [0.2, 0.25) is 5.82 Å². The number of ether oxygens (including phenoxy) is 1. The van der Waals surface area contributed by atoms with E-state index < -0.39 is 35.3 Å². The molecule has 0 atom stereocenters. The maximum atomic E-state index is 13.8. The highest BCUT2D eigenvalue weighted by Crippen LogP contribution is 2.32. The second-order valence-corrected chi connectivity index (χ2v) is 11.5. The van der Waals surface area contributed by atoms with Crippen LogP contribution in [0.4, 0.5) is 26.3 Å². The largest absolute Gasteiger partial charge is 0.490 e. The first-order valence-corrected chi connectivity index (χ1v) is 15.3. The van der Waals surface area contributed by atoms with Crippen LogP contribution in [0.5, 0.6) is 5.75 Å². The van der Waals surface area contributed by atoms with Crippen LogP contribution in [0.25, 0.3) is 5.57 Å². The van der Waals surface area contributed by atoms with Crippen molar-refractivity contribution in [3.63, 3.8) is 0 Å². The van der Waals surface area contributed by atoms with Gasteiger partial charge in [-0.25, -0.2) is 13.6 Å². The molecule has 6 nitrogen and oxygen atoms in total. The van der Waals surface area contributed by atoms with Gasteiger partial charge < -0.3 is 20.1 Å². The molecule has 1 saturated carbocycles. The summed E-state index contributed by atoms with van der Waals surface area (Å²) in [6.07, 6.45) is -0.174. The molecular formula is C35H36F6N2O4. The van der Waals surface area contributed by atoms with Crippen LogP contribution in [0.1, 0.15) is 47.9 Å². The zero-order chi connectivity index (χ0) is 34.1. The van der Waals surface area contributed by atoms with Gasteiger partial charge in [-0.2, -0.15) is 17.6 Å².